The second-order valence-electron chi connectivity index (χ2n) is 6.94. The van der Waals surface area contributed by atoms with Crippen LogP contribution in [0.1, 0.15) is 37.7 Å². The van der Waals surface area contributed by atoms with Crippen LogP contribution in [0, 0.1) is 0 Å². The molecule has 0 aliphatic carbocycles. The second-order valence-corrected chi connectivity index (χ2v) is 9.16. The van der Waals surface area contributed by atoms with E-state index < -0.39 is 9.84 Å². The van der Waals surface area contributed by atoms with Crippen molar-refractivity contribution in [3.8, 4) is 0 Å². The van der Waals surface area contributed by atoms with Gasteiger partial charge in [0.15, 0.2) is 9.84 Å². The number of rotatable bonds is 3. The van der Waals surface area contributed by atoms with Crippen LogP contribution in [0.4, 0.5) is 4.79 Å². The summed E-state index contributed by atoms with van der Waals surface area (Å²) >= 11 is 0. The molecule has 3 rings (SSSR count). The summed E-state index contributed by atoms with van der Waals surface area (Å²) in [5.41, 5.74) is 1.24. The van der Waals surface area contributed by atoms with Crippen molar-refractivity contribution in [1.82, 2.24) is 10.2 Å². The maximum atomic E-state index is 12.7. The van der Waals surface area contributed by atoms with Crippen LogP contribution in [0.3, 0.4) is 0 Å². The van der Waals surface area contributed by atoms with Crippen LogP contribution in [0.15, 0.2) is 30.3 Å². The highest BCUT2D eigenvalue weighted by molar-refractivity contribution is 7.91. The average Bonchev–Trinajstić information content (AvgIpc) is 2.55. The van der Waals surface area contributed by atoms with Gasteiger partial charge < -0.3 is 10.2 Å². The van der Waals surface area contributed by atoms with Crippen LogP contribution in [-0.4, -0.2) is 49.5 Å². The molecule has 2 unspecified atom stereocenters. The van der Waals surface area contributed by atoms with E-state index in [0.717, 1.165) is 38.6 Å². The number of nitrogens with one attached hydrogen (secondary N) is 1. The number of hydrogen-bond donors (Lipinski definition) is 1. The molecular weight excluding hydrogens is 324 g/mol. The van der Waals surface area contributed by atoms with Crippen LogP contribution in [0.5, 0.6) is 0 Å². The lowest BCUT2D eigenvalue weighted by Gasteiger charge is -2.37. The highest BCUT2D eigenvalue weighted by Gasteiger charge is 2.31. The van der Waals surface area contributed by atoms with Crippen molar-refractivity contribution in [3.63, 3.8) is 0 Å². The molecule has 6 heteroatoms. The average molecular weight is 350 g/mol. The van der Waals surface area contributed by atoms with Gasteiger partial charge in [-0.1, -0.05) is 30.3 Å². The summed E-state index contributed by atoms with van der Waals surface area (Å²) < 4.78 is 23.5. The van der Waals surface area contributed by atoms with E-state index in [1.54, 1.807) is 0 Å². The maximum Gasteiger partial charge on any atom is 0.317 e. The molecule has 2 heterocycles. The fourth-order valence-corrected chi connectivity index (χ4v) is 5.40. The number of carbonyl (C=O) groups is 1. The Labute approximate surface area is 144 Å². The van der Waals surface area contributed by atoms with E-state index in [1.165, 1.54) is 5.56 Å². The molecular formula is C18H26N2O3S. The van der Waals surface area contributed by atoms with E-state index in [1.807, 2.05) is 23.1 Å². The van der Waals surface area contributed by atoms with E-state index in [9.17, 15) is 13.2 Å². The summed E-state index contributed by atoms with van der Waals surface area (Å²) in [6.45, 7) is 0.753. The van der Waals surface area contributed by atoms with E-state index in [-0.39, 0.29) is 29.6 Å². The number of hydrogen-bond acceptors (Lipinski definition) is 3. The number of benzene rings is 1. The molecule has 1 aromatic rings. The Morgan fingerprint density at radius 3 is 2.67 bits per heavy atom. The van der Waals surface area contributed by atoms with E-state index in [2.05, 4.69) is 17.4 Å². The molecule has 1 aromatic carbocycles. The van der Waals surface area contributed by atoms with Gasteiger partial charge in [-0.05, 0) is 44.1 Å². The Hall–Kier alpha value is -1.56. The van der Waals surface area contributed by atoms with Crippen molar-refractivity contribution in [1.29, 1.82) is 0 Å². The summed E-state index contributed by atoms with van der Waals surface area (Å²) in [7, 11) is -3.00. The third-order valence-corrected chi connectivity index (χ3v) is 6.81. The van der Waals surface area contributed by atoms with Crippen LogP contribution >= 0.6 is 0 Å². The van der Waals surface area contributed by atoms with Gasteiger partial charge in [0.05, 0.1) is 11.5 Å². The first kappa shape index (κ1) is 17.3. The summed E-state index contributed by atoms with van der Waals surface area (Å²) in [6, 6.07) is 10.1. The molecule has 2 amide bonds. The van der Waals surface area contributed by atoms with Gasteiger partial charge in [0.25, 0.3) is 0 Å². The molecule has 0 saturated carbocycles. The topological polar surface area (TPSA) is 66.5 Å². The number of nitrogens with zero attached hydrogens (tertiary/aromatic N) is 1. The third-order valence-electron chi connectivity index (χ3n) is 4.99. The molecule has 5 nitrogen and oxygen atoms in total. The molecule has 24 heavy (non-hydrogen) atoms. The van der Waals surface area contributed by atoms with Gasteiger partial charge in [-0.25, -0.2) is 13.2 Å². The normalized spacial score (nSPS) is 26.8. The monoisotopic (exact) mass is 350 g/mol. The van der Waals surface area contributed by atoms with Crippen LogP contribution in [0.25, 0.3) is 0 Å². The first-order valence-corrected chi connectivity index (χ1v) is 10.7. The zero-order valence-electron chi connectivity index (χ0n) is 14.0. The fourth-order valence-electron chi connectivity index (χ4n) is 3.76. The van der Waals surface area contributed by atoms with Gasteiger partial charge in [0.2, 0.25) is 0 Å². The number of piperidine rings is 1. The Morgan fingerprint density at radius 1 is 1.12 bits per heavy atom. The zero-order valence-corrected chi connectivity index (χ0v) is 14.8. The molecule has 132 valence electrons. The van der Waals surface area contributed by atoms with Crippen molar-refractivity contribution < 1.29 is 13.2 Å². The van der Waals surface area contributed by atoms with E-state index in [0.29, 0.717) is 6.42 Å². The standard InChI is InChI=1S/C18H26N2O3S/c21-18(19-16-9-6-12-24(22,23)14-16)20-11-5-4-10-17(20)13-15-7-2-1-3-8-15/h1-3,7-8,16-17H,4-6,9-14H2,(H,19,21). The van der Waals surface area contributed by atoms with Crippen LogP contribution in [-0.2, 0) is 16.3 Å². The minimum atomic E-state index is -3.00. The van der Waals surface area contributed by atoms with Gasteiger partial charge in [-0.3, -0.25) is 0 Å². The predicted octanol–water partition coefficient (Wildman–Crippen LogP) is 2.37. The second kappa shape index (κ2) is 7.55. The number of sulfone groups is 1. The molecule has 2 aliphatic rings. The van der Waals surface area contributed by atoms with Crippen molar-refractivity contribution in [3.05, 3.63) is 35.9 Å². The maximum absolute atomic E-state index is 12.7. The number of urea groups is 1. The Balaban J connectivity index is 1.63. The molecule has 0 bridgehead atoms. The van der Waals surface area contributed by atoms with E-state index >= 15 is 0 Å². The van der Waals surface area contributed by atoms with Crippen molar-refractivity contribution in [2.75, 3.05) is 18.1 Å². The molecule has 2 saturated heterocycles. The predicted molar refractivity (Wildman–Crippen MR) is 94.7 cm³/mol. The number of amides is 2. The lowest BCUT2D eigenvalue weighted by Crippen LogP contribution is -2.53. The van der Waals surface area contributed by atoms with Gasteiger partial charge in [0.1, 0.15) is 0 Å². The zero-order chi connectivity index (χ0) is 17.0. The molecule has 2 fully saturated rings. The molecule has 2 atom stereocenters. The summed E-state index contributed by atoms with van der Waals surface area (Å²) in [6.07, 6.45) is 5.41. The minimum Gasteiger partial charge on any atom is -0.334 e. The third kappa shape index (κ3) is 4.50. The molecule has 2 aliphatic heterocycles. The smallest absolute Gasteiger partial charge is 0.317 e. The lowest BCUT2D eigenvalue weighted by atomic mass is 9.96. The van der Waals surface area contributed by atoms with Gasteiger partial charge in [-0.15, -0.1) is 0 Å². The highest BCUT2D eigenvalue weighted by atomic mass is 32.2. The molecule has 1 N–H and O–H groups in total. The Morgan fingerprint density at radius 2 is 1.92 bits per heavy atom. The molecule has 0 radical (unpaired) electrons. The van der Waals surface area contributed by atoms with Gasteiger partial charge in [-0.2, -0.15) is 0 Å². The fraction of sp³-hybridized carbons (Fsp3) is 0.611. The van der Waals surface area contributed by atoms with Crippen molar-refractivity contribution in [2.24, 2.45) is 0 Å². The Bertz CT molecular complexity index is 660. The molecule has 0 aromatic heterocycles. The molecule has 0 spiro atoms. The van der Waals surface area contributed by atoms with Crippen LogP contribution in [0.2, 0.25) is 0 Å². The first-order valence-electron chi connectivity index (χ1n) is 8.85. The van der Waals surface area contributed by atoms with Crippen molar-refractivity contribution in [2.45, 2.75) is 50.6 Å². The quantitative estimate of drug-likeness (QED) is 0.910. The SMILES string of the molecule is O=C(NC1CCCS(=O)(=O)C1)N1CCCCC1Cc1ccccc1. The van der Waals surface area contributed by atoms with E-state index in [4.69, 9.17) is 0 Å². The van der Waals surface area contributed by atoms with Crippen LogP contribution < -0.4 is 5.32 Å². The number of likely N-dealkylation sites (tertiary alicyclic amines) is 1. The first-order chi connectivity index (χ1) is 11.5. The minimum absolute atomic E-state index is 0.0793. The number of carbonyl (C=O) groups excluding carboxylic acids is 1. The largest absolute Gasteiger partial charge is 0.334 e. The summed E-state index contributed by atoms with van der Waals surface area (Å²) in [5.74, 6) is 0.329. The lowest BCUT2D eigenvalue weighted by molar-refractivity contribution is 0.147. The van der Waals surface area contributed by atoms with Gasteiger partial charge in [0, 0.05) is 18.6 Å². The summed E-state index contributed by atoms with van der Waals surface area (Å²) in [5, 5.41) is 2.97. The van der Waals surface area contributed by atoms with Gasteiger partial charge >= 0.3 is 6.03 Å². The van der Waals surface area contributed by atoms with Crippen molar-refractivity contribution >= 4 is 15.9 Å². The Kier molecular flexibility index (Phi) is 5.43. The summed E-state index contributed by atoms with van der Waals surface area (Å²) in [4.78, 5) is 14.6. The highest BCUT2D eigenvalue weighted by Crippen LogP contribution is 2.21.